The van der Waals surface area contributed by atoms with Gasteiger partial charge in [-0.1, -0.05) is 57.2 Å². The number of para-hydroxylation sites is 1. The zero-order valence-corrected chi connectivity index (χ0v) is 20.6. The molecule has 0 radical (unpaired) electrons. The maximum absolute atomic E-state index is 6.37. The fourth-order valence-corrected chi connectivity index (χ4v) is 4.66. The van der Waals surface area contributed by atoms with Crippen LogP contribution in [0.5, 0.6) is 11.5 Å². The van der Waals surface area contributed by atoms with E-state index < -0.39 is 0 Å². The Morgan fingerprint density at radius 2 is 1.44 bits per heavy atom. The quantitative estimate of drug-likeness (QED) is 0.260. The third-order valence-corrected chi connectivity index (χ3v) is 6.52. The van der Waals surface area contributed by atoms with Crippen LogP contribution in [0, 0.1) is 0 Å². The second-order valence-corrected chi connectivity index (χ2v) is 10.0. The highest BCUT2D eigenvalue weighted by Gasteiger charge is 2.16. The molecule has 3 aromatic carbocycles. The SMILES string of the molecule is CC(C)(C)c1ccnc(-c2cccc(Oc3ccc4c5ccccc5n(-c5ccccn5)c4c3)c2)c1. The van der Waals surface area contributed by atoms with Gasteiger partial charge in [-0.25, -0.2) is 4.98 Å². The minimum atomic E-state index is 0.0628. The van der Waals surface area contributed by atoms with Crippen LogP contribution in [0.2, 0.25) is 0 Å². The van der Waals surface area contributed by atoms with E-state index in [2.05, 4.69) is 89.9 Å². The molecule has 0 aliphatic rings. The molecule has 0 aliphatic carbocycles. The predicted molar refractivity (Wildman–Crippen MR) is 147 cm³/mol. The van der Waals surface area contributed by atoms with Crippen LogP contribution in [0.3, 0.4) is 0 Å². The van der Waals surface area contributed by atoms with Crippen molar-refractivity contribution in [1.82, 2.24) is 14.5 Å². The highest BCUT2D eigenvalue weighted by Crippen LogP contribution is 2.35. The molecule has 0 N–H and O–H groups in total. The van der Waals surface area contributed by atoms with Crippen LogP contribution in [-0.4, -0.2) is 14.5 Å². The van der Waals surface area contributed by atoms with Gasteiger partial charge in [-0.2, -0.15) is 0 Å². The van der Waals surface area contributed by atoms with Crippen LogP contribution >= 0.6 is 0 Å². The highest BCUT2D eigenvalue weighted by atomic mass is 16.5. The van der Waals surface area contributed by atoms with Gasteiger partial charge < -0.3 is 4.74 Å². The van der Waals surface area contributed by atoms with E-state index in [0.29, 0.717) is 0 Å². The van der Waals surface area contributed by atoms with Crippen molar-refractivity contribution in [2.24, 2.45) is 0 Å². The first-order chi connectivity index (χ1) is 17.5. The molecule has 0 amide bonds. The number of ether oxygens (including phenoxy) is 1. The van der Waals surface area contributed by atoms with Crippen LogP contribution in [0.1, 0.15) is 26.3 Å². The van der Waals surface area contributed by atoms with Crippen LogP contribution < -0.4 is 4.74 Å². The van der Waals surface area contributed by atoms with Crippen LogP contribution in [0.15, 0.2) is 109 Å². The summed E-state index contributed by atoms with van der Waals surface area (Å²) in [5.74, 6) is 2.43. The summed E-state index contributed by atoms with van der Waals surface area (Å²) < 4.78 is 8.56. The van der Waals surface area contributed by atoms with E-state index in [1.54, 1.807) is 0 Å². The summed E-state index contributed by atoms with van der Waals surface area (Å²) in [6.07, 6.45) is 3.71. The third kappa shape index (κ3) is 4.01. The standard InChI is InChI=1S/C32H27N3O/c1-32(2,3)23-16-18-33-28(20-23)22-9-8-10-24(19-22)36-25-14-15-27-26-11-4-5-12-29(26)35(30(27)21-25)31-13-6-7-17-34-31/h4-21H,1-3H3. The van der Waals surface area contributed by atoms with E-state index >= 15 is 0 Å². The van der Waals surface area contributed by atoms with Gasteiger partial charge in [0.1, 0.15) is 17.3 Å². The maximum atomic E-state index is 6.37. The molecule has 3 heterocycles. The number of aromatic nitrogens is 3. The maximum Gasteiger partial charge on any atom is 0.137 e. The average Bonchev–Trinajstić information content (AvgIpc) is 3.22. The van der Waals surface area contributed by atoms with Gasteiger partial charge in [-0.3, -0.25) is 9.55 Å². The summed E-state index contributed by atoms with van der Waals surface area (Å²) in [6.45, 7) is 6.64. The number of benzene rings is 3. The summed E-state index contributed by atoms with van der Waals surface area (Å²) in [5.41, 5.74) is 5.47. The number of nitrogens with zero attached hydrogens (tertiary/aromatic N) is 3. The fourth-order valence-electron chi connectivity index (χ4n) is 4.66. The summed E-state index contributed by atoms with van der Waals surface area (Å²) >= 11 is 0. The zero-order chi connectivity index (χ0) is 24.7. The Balaban J connectivity index is 1.41. The summed E-state index contributed by atoms with van der Waals surface area (Å²) in [4.78, 5) is 9.24. The zero-order valence-electron chi connectivity index (χ0n) is 20.6. The van der Waals surface area contributed by atoms with Gasteiger partial charge in [0.2, 0.25) is 0 Å². The lowest BCUT2D eigenvalue weighted by atomic mass is 9.87. The highest BCUT2D eigenvalue weighted by molar-refractivity contribution is 6.09. The molecule has 0 fully saturated rings. The van der Waals surface area contributed by atoms with Crippen molar-refractivity contribution in [3.8, 4) is 28.6 Å². The van der Waals surface area contributed by atoms with E-state index in [9.17, 15) is 0 Å². The Kier molecular flexibility index (Phi) is 5.30. The van der Waals surface area contributed by atoms with Gasteiger partial charge in [0, 0.05) is 34.8 Å². The summed E-state index contributed by atoms with van der Waals surface area (Å²) in [7, 11) is 0. The number of hydrogen-bond acceptors (Lipinski definition) is 3. The lowest BCUT2D eigenvalue weighted by Gasteiger charge is -2.19. The second kappa shape index (κ2) is 8.65. The Bertz CT molecular complexity index is 1690. The first-order valence-electron chi connectivity index (χ1n) is 12.2. The molecule has 0 aliphatic heterocycles. The van der Waals surface area contributed by atoms with Crippen LogP contribution in [0.4, 0.5) is 0 Å². The van der Waals surface area contributed by atoms with Gasteiger partial charge in [0.15, 0.2) is 0 Å². The van der Waals surface area contributed by atoms with Gasteiger partial charge in [0.05, 0.1) is 16.7 Å². The van der Waals surface area contributed by atoms with E-state index in [1.807, 2.05) is 54.9 Å². The molecular weight excluding hydrogens is 442 g/mol. The smallest absolute Gasteiger partial charge is 0.137 e. The van der Waals surface area contributed by atoms with E-state index in [0.717, 1.165) is 39.6 Å². The van der Waals surface area contributed by atoms with Crippen molar-refractivity contribution in [2.75, 3.05) is 0 Å². The molecule has 176 valence electrons. The number of pyridine rings is 2. The monoisotopic (exact) mass is 469 g/mol. The molecule has 36 heavy (non-hydrogen) atoms. The van der Waals surface area contributed by atoms with Crippen molar-refractivity contribution >= 4 is 21.8 Å². The molecule has 0 unspecified atom stereocenters. The topological polar surface area (TPSA) is 39.9 Å². The Labute approximate surface area is 210 Å². The molecule has 4 heteroatoms. The minimum absolute atomic E-state index is 0.0628. The predicted octanol–water partition coefficient (Wildman–Crippen LogP) is 8.33. The molecule has 0 spiro atoms. The van der Waals surface area contributed by atoms with Crippen molar-refractivity contribution in [2.45, 2.75) is 26.2 Å². The summed E-state index contributed by atoms with van der Waals surface area (Å²) in [5, 5.41) is 2.36. The van der Waals surface area contributed by atoms with E-state index in [-0.39, 0.29) is 5.41 Å². The van der Waals surface area contributed by atoms with Crippen LogP contribution in [0.25, 0.3) is 38.9 Å². The molecule has 0 saturated heterocycles. The molecule has 6 aromatic rings. The first-order valence-corrected chi connectivity index (χ1v) is 12.2. The molecule has 6 rings (SSSR count). The van der Waals surface area contributed by atoms with E-state index in [4.69, 9.17) is 4.74 Å². The lowest BCUT2D eigenvalue weighted by molar-refractivity contribution is 0.483. The largest absolute Gasteiger partial charge is 0.457 e. The van der Waals surface area contributed by atoms with Crippen molar-refractivity contribution in [3.63, 3.8) is 0 Å². The van der Waals surface area contributed by atoms with Crippen molar-refractivity contribution < 1.29 is 4.74 Å². The van der Waals surface area contributed by atoms with E-state index in [1.165, 1.54) is 16.3 Å². The Hall–Kier alpha value is -4.44. The molecular formula is C32H27N3O. The first kappa shape index (κ1) is 22.1. The molecule has 0 bridgehead atoms. The number of hydrogen-bond donors (Lipinski definition) is 0. The lowest BCUT2D eigenvalue weighted by Crippen LogP contribution is -2.11. The fraction of sp³-hybridized carbons (Fsp3) is 0.125. The van der Waals surface area contributed by atoms with Crippen LogP contribution in [-0.2, 0) is 5.41 Å². The second-order valence-electron chi connectivity index (χ2n) is 10.0. The summed E-state index contributed by atoms with van der Waals surface area (Å²) in [6, 6.07) is 33.0. The van der Waals surface area contributed by atoms with Crippen molar-refractivity contribution in [1.29, 1.82) is 0 Å². The molecule has 0 atom stereocenters. The number of rotatable bonds is 4. The minimum Gasteiger partial charge on any atom is -0.457 e. The third-order valence-electron chi connectivity index (χ3n) is 6.52. The van der Waals surface area contributed by atoms with Gasteiger partial charge in [-0.15, -0.1) is 0 Å². The normalized spacial score (nSPS) is 11.8. The van der Waals surface area contributed by atoms with Gasteiger partial charge in [-0.05, 0) is 65.6 Å². The Morgan fingerprint density at radius 1 is 0.639 bits per heavy atom. The number of fused-ring (bicyclic) bond motifs is 3. The average molecular weight is 470 g/mol. The van der Waals surface area contributed by atoms with Crippen molar-refractivity contribution in [3.05, 3.63) is 115 Å². The Morgan fingerprint density at radius 3 is 2.28 bits per heavy atom. The van der Waals surface area contributed by atoms with Gasteiger partial charge >= 0.3 is 0 Å². The molecule has 0 saturated carbocycles. The molecule has 3 aromatic heterocycles. The van der Waals surface area contributed by atoms with Gasteiger partial charge in [0.25, 0.3) is 0 Å². The molecule has 4 nitrogen and oxygen atoms in total.